The Bertz CT molecular complexity index is 313. The molecule has 0 bridgehead atoms. The summed E-state index contributed by atoms with van der Waals surface area (Å²) in [5.74, 6) is -0.0205. The number of carbonyl (C=O) groups excluding carboxylic acids is 1. The molecule has 90 valence electrons. The van der Waals surface area contributed by atoms with Crippen LogP contribution in [0, 0.1) is 5.92 Å². The molecular formula is C9H18BrNO3S. The third-order valence-corrected chi connectivity index (χ3v) is 4.36. The molecule has 15 heavy (non-hydrogen) atoms. The molecule has 2 unspecified atom stereocenters. The normalized spacial score (nSPS) is 16.1. The first kappa shape index (κ1) is 14.9. The molecule has 0 spiro atoms. The molecule has 0 aliphatic rings. The summed E-state index contributed by atoms with van der Waals surface area (Å²) in [6.07, 6.45) is 1.16. The summed E-state index contributed by atoms with van der Waals surface area (Å²) < 4.78 is 21.9. The smallest absolute Gasteiger partial charge is 0.234 e. The van der Waals surface area contributed by atoms with Crippen LogP contribution in [-0.4, -0.2) is 37.2 Å². The van der Waals surface area contributed by atoms with Gasteiger partial charge in [0.15, 0.2) is 0 Å². The van der Waals surface area contributed by atoms with E-state index in [9.17, 15) is 13.2 Å². The lowest BCUT2D eigenvalue weighted by Crippen LogP contribution is -2.42. The number of alkyl halides is 1. The molecule has 0 rings (SSSR count). The third-order valence-electron chi connectivity index (χ3n) is 1.78. The largest absolute Gasteiger partial charge is 0.352 e. The van der Waals surface area contributed by atoms with Gasteiger partial charge >= 0.3 is 0 Å². The fourth-order valence-corrected chi connectivity index (χ4v) is 2.24. The van der Waals surface area contributed by atoms with E-state index in [-0.39, 0.29) is 28.4 Å². The van der Waals surface area contributed by atoms with Gasteiger partial charge in [-0.05, 0) is 12.8 Å². The lowest BCUT2D eigenvalue weighted by Gasteiger charge is -2.17. The number of carbonyl (C=O) groups is 1. The van der Waals surface area contributed by atoms with Crippen LogP contribution in [0.4, 0.5) is 0 Å². The highest BCUT2D eigenvalue weighted by Gasteiger charge is 2.21. The molecule has 0 saturated heterocycles. The molecular weight excluding hydrogens is 282 g/mol. The summed E-state index contributed by atoms with van der Waals surface area (Å²) in [5, 5.41) is 2.65. The van der Waals surface area contributed by atoms with Gasteiger partial charge in [0.1, 0.15) is 9.84 Å². The number of hydrogen-bond donors (Lipinski definition) is 1. The molecule has 1 N–H and O–H groups in total. The molecule has 0 aromatic rings. The van der Waals surface area contributed by atoms with Crippen LogP contribution >= 0.6 is 15.9 Å². The summed E-state index contributed by atoms with van der Waals surface area (Å²) in [7, 11) is -3.04. The van der Waals surface area contributed by atoms with Crippen molar-refractivity contribution >= 4 is 31.7 Å². The highest BCUT2D eigenvalue weighted by atomic mass is 79.9. The summed E-state index contributed by atoms with van der Waals surface area (Å²) in [4.78, 5) is 11.2. The Morgan fingerprint density at radius 3 is 2.13 bits per heavy atom. The van der Waals surface area contributed by atoms with E-state index in [4.69, 9.17) is 0 Å². The Labute approximate surface area is 99.9 Å². The van der Waals surface area contributed by atoms with E-state index >= 15 is 0 Å². The van der Waals surface area contributed by atoms with Gasteiger partial charge in [-0.1, -0.05) is 29.8 Å². The van der Waals surface area contributed by atoms with E-state index in [1.165, 1.54) is 0 Å². The Balaban J connectivity index is 4.19. The quantitative estimate of drug-likeness (QED) is 0.769. The van der Waals surface area contributed by atoms with Gasteiger partial charge in [-0.2, -0.15) is 0 Å². The molecule has 0 radical (unpaired) electrons. The van der Waals surface area contributed by atoms with Gasteiger partial charge in [0, 0.05) is 12.3 Å². The standard InChI is InChI=1S/C9H18BrNO3S/c1-6(2)8(10)9(12)11-7(3)5-15(4,13)14/h6-8H,5H2,1-4H3,(H,11,12). The van der Waals surface area contributed by atoms with Crippen LogP contribution in [0.2, 0.25) is 0 Å². The lowest BCUT2D eigenvalue weighted by molar-refractivity contribution is -0.121. The highest BCUT2D eigenvalue weighted by Crippen LogP contribution is 2.11. The molecule has 4 nitrogen and oxygen atoms in total. The molecule has 2 atom stereocenters. The van der Waals surface area contributed by atoms with Gasteiger partial charge in [0.2, 0.25) is 5.91 Å². The predicted octanol–water partition coefficient (Wildman–Crippen LogP) is 0.955. The van der Waals surface area contributed by atoms with E-state index in [0.717, 1.165) is 6.26 Å². The van der Waals surface area contributed by atoms with Crippen LogP contribution in [-0.2, 0) is 14.6 Å². The zero-order valence-electron chi connectivity index (χ0n) is 9.45. The molecule has 6 heteroatoms. The molecule has 0 fully saturated rings. The van der Waals surface area contributed by atoms with E-state index in [2.05, 4.69) is 21.2 Å². The summed E-state index contributed by atoms with van der Waals surface area (Å²) >= 11 is 3.25. The van der Waals surface area contributed by atoms with Crippen molar-refractivity contribution in [2.45, 2.75) is 31.6 Å². The van der Waals surface area contributed by atoms with Crippen LogP contribution in [0.15, 0.2) is 0 Å². The van der Waals surface area contributed by atoms with Gasteiger partial charge in [-0.25, -0.2) is 8.42 Å². The Hall–Kier alpha value is -0.100. The molecule has 0 heterocycles. The maximum absolute atomic E-state index is 11.5. The van der Waals surface area contributed by atoms with Crippen molar-refractivity contribution in [3.05, 3.63) is 0 Å². The van der Waals surface area contributed by atoms with Gasteiger partial charge in [0.05, 0.1) is 10.6 Å². The average molecular weight is 300 g/mol. The minimum Gasteiger partial charge on any atom is -0.352 e. The van der Waals surface area contributed by atoms with Gasteiger partial charge in [0.25, 0.3) is 0 Å². The first-order chi connectivity index (χ1) is 6.63. The Morgan fingerprint density at radius 1 is 1.33 bits per heavy atom. The maximum Gasteiger partial charge on any atom is 0.234 e. The van der Waals surface area contributed by atoms with Crippen molar-refractivity contribution in [3.8, 4) is 0 Å². The number of nitrogens with one attached hydrogen (secondary N) is 1. The second kappa shape index (κ2) is 5.84. The number of sulfone groups is 1. The van der Waals surface area contributed by atoms with Crippen molar-refractivity contribution < 1.29 is 13.2 Å². The highest BCUT2D eigenvalue weighted by molar-refractivity contribution is 9.10. The average Bonchev–Trinajstić information content (AvgIpc) is 1.98. The van der Waals surface area contributed by atoms with Gasteiger partial charge in [-0.15, -0.1) is 0 Å². The predicted molar refractivity (Wildman–Crippen MR) is 64.9 cm³/mol. The van der Waals surface area contributed by atoms with E-state index < -0.39 is 9.84 Å². The molecule has 0 aliphatic carbocycles. The second-order valence-corrected chi connectivity index (χ2v) is 7.32. The van der Waals surface area contributed by atoms with Crippen LogP contribution in [0.25, 0.3) is 0 Å². The first-order valence-electron chi connectivity index (χ1n) is 4.75. The topological polar surface area (TPSA) is 63.2 Å². The van der Waals surface area contributed by atoms with Crippen molar-refractivity contribution in [2.24, 2.45) is 5.92 Å². The van der Waals surface area contributed by atoms with Crippen LogP contribution in [0.5, 0.6) is 0 Å². The second-order valence-electron chi connectivity index (χ2n) is 4.15. The van der Waals surface area contributed by atoms with Crippen molar-refractivity contribution in [1.29, 1.82) is 0 Å². The lowest BCUT2D eigenvalue weighted by atomic mass is 10.1. The number of amides is 1. The Kier molecular flexibility index (Phi) is 5.80. The minimum atomic E-state index is -3.04. The monoisotopic (exact) mass is 299 g/mol. The number of halogens is 1. The zero-order valence-corrected chi connectivity index (χ0v) is 11.9. The minimum absolute atomic E-state index is 0.0312. The number of rotatable bonds is 5. The van der Waals surface area contributed by atoms with E-state index in [1.807, 2.05) is 13.8 Å². The summed E-state index contributed by atoms with van der Waals surface area (Å²) in [6, 6.07) is -0.355. The van der Waals surface area contributed by atoms with Crippen molar-refractivity contribution in [1.82, 2.24) is 5.32 Å². The summed E-state index contributed by atoms with van der Waals surface area (Å²) in [6.45, 7) is 5.51. The van der Waals surface area contributed by atoms with Crippen molar-refractivity contribution in [3.63, 3.8) is 0 Å². The van der Waals surface area contributed by atoms with Crippen LogP contribution < -0.4 is 5.32 Å². The SMILES string of the molecule is CC(CS(C)(=O)=O)NC(=O)C(Br)C(C)C. The van der Waals surface area contributed by atoms with Crippen molar-refractivity contribution in [2.75, 3.05) is 12.0 Å². The molecule has 1 amide bonds. The van der Waals surface area contributed by atoms with E-state index in [0.29, 0.717) is 0 Å². The fourth-order valence-electron chi connectivity index (χ4n) is 1.12. The van der Waals surface area contributed by atoms with Crippen LogP contribution in [0.1, 0.15) is 20.8 Å². The molecule has 0 aliphatic heterocycles. The Morgan fingerprint density at radius 2 is 1.80 bits per heavy atom. The summed E-state index contributed by atoms with van der Waals surface area (Å²) in [5.41, 5.74) is 0. The number of hydrogen-bond acceptors (Lipinski definition) is 3. The van der Waals surface area contributed by atoms with Crippen LogP contribution in [0.3, 0.4) is 0 Å². The molecule has 0 aromatic heterocycles. The first-order valence-corrected chi connectivity index (χ1v) is 7.73. The zero-order chi connectivity index (χ0) is 12.2. The third kappa shape index (κ3) is 6.89. The maximum atomic E-state index is 11.5. The van der Waals surface area contributed by atoms with Gasteiger partial charge in [-0.3, -0.25) is 4.79 Å². The van der Waals surface area contributed by atoms with E-state index in [1.54, 1.807) is 6.92 Å². The molecule has 0 aromatic carbocycles. The molecule has 0 saturated carbocycles. The fraction of sp³-hybridized carbons (Fsp3) is 0.889. The van der Waals surface area contributed by atoms with Gasteiger partial charge < -0.3 is 5.32 Å².